The van der Waals surface area contributed by atoms with Crippen molar-refractivity contribution in [1.29, 1.82) is 0 Å². The lowest BCUT2D eigenvalue weighted by atomic mass is 9.95. The molecule has 0 spiro atoms. The van der Waals surface area contributed by atoms with E-state index in [1.807, 2.05) is 25.2 Å². The lowest BCUT2D eigenvalue weighted by Crippen LogP contribution is -2.08. The Bertz CT molecular complexity index is 857. The van der Waals surface area contributed by atoms with Gasteiger partial charge in [0, 0.05) is 11.8 Å². The third-order valence-corrected chi connectivity index (χ3v) is 4.24. The van der Waals surface area contributed by atoms with E-state index in [-0.39, 0.29) is 5.82 Å². The molecule has 0 aliphatic rings. The van der Waals surface area contributed by atoms with Crippen molar-refractivity contribution in [3.8, 4) is 22.4 Å². The van der Waals surface area contributed by atoms with Crippen LogP contribution < -0.4 is 5.32 Å². The quantitative estimate of drug-likeness (QED) is 0.608. The average Bonchev–Trinajstić information content (AvgIpc) is 3.13. The number of nitrogens with one attached hydrogen (secondary N) is 1. The summed E-state index contributed by atoms with van der Waals surface area (Å²) in [5.41, 5.74) is 4.13. The Balaban J connectivity index is 2.00. The number of alkyl halides is 2. The number of benzene rings is 2. The number of hydrogen-bond donors (Lipinski definition) is 1. The van der Waals surface area contributed by atoms with E-state index < -0.39 is 6.55 Å². The van der Waals surface area contributed by atoms with Crippen molar-refractivity contribution in [3.63, 3.8) is 0 Å². The van der Waals surface area contributed by atoms with E-state index in [1.54, 1.807) is 18.2 Å². The lowest BCUT2D eigenvalue weighted by molar-refractivity contribution is 0.0568. The van der Waals surface area contributed by atoms with Crippen LogP contribution in [-0.4, -0.2) is 23.4 Å². The Morgan fingerprint density at radius 1 is 1.04 bits per heavy atom. The molecule has 3 nitrogen and oxygen atoms in total. The highest BCUT2D eigenvalue weighted by molar-refractivity contribution is 5.73. The van der Waals surface area contributed by atoms with Crippen molar-refractivity contribution < 1.29 is 13.2 Å². The van der Waals surface area contributed by atoms with Gasteiger partial charge in [0.1, 0.15) is 5.82 Å². The maximum Gasteiger partial charge on any atom is 0.333 e. The van der Waals surface area contributed by atoms with Gasteiger partial charge in [-0.05, 0) is 67.4 Å². The van der Waals surface area contributed by atoms with Crippen LogP contribution in [0.1, 0.15) is 18.5 Å². The Labute approximate surface area is 150 Å². The smallest absolute Gasteiger partial charge is 0.320 e. The SMILES string of the molecule is CNCCCc1ccc(-c2ccc(F)cc2)cc1-c1ccn(C(F)F)n1. The summed E-state index contributed by atoms with van der Waals surface area (Å²) >= 11 is 0. The van der Waals surface area contributed by atoms with Crippen LogP contribution >= 0.6 is 0 Å². The Hall–Kier alpha value is -2.60. The Morgan fingerprint density at radius 3 is 2.42 bits per heavy atom. The van der Waals surface area contributed by atoms with Gasteiger partial charge in [-0.15, -0.1) is 0 Å². The monoisotopic (exact) mass is 359 g/mol. The first-order chi connectivity index (χ1) is 12.6. The molecule has 0 aliphatic heterocycles. The average molecular weight is 359 g/mol. The molecule has 136 valence electrons. The lowest BCUT2D eigenvalue weighted by Gasteiger charge is -2.11. The molecule has 0 bridgehead atoms. The molecule has 1 heterocycles. The molecule has 0 aliphatic carbocycles. The van der Waals surface area contributed by atoms with Crippen LogP contribution in [0.2, 0.25) is 0 Å². The molecule has 0 saturated heterocycles. The first kappa shape index (κ1) is 18.2. The van der Waals surface area contributed by atoms with Gasteiger partial charge < -0.3 is 5.32 Å². The minimum Gasteiger partial charge on any atom is -0.320 e. The molecule has 0 saturated carbocycles. The number of rotatable bonds is 7. The maximum atomic E-state index is 13.2. The molecule has 0 fully saturated rings. The van der Waals surface area contributed by atoms with Gasteiger partial charge in [-0.25, -0.2) is 9.07 Å². The molecule has 0 amide bonds. The third kappa shape index (κ3) is 4.14. The van der Waals surface area contributed by atoms with E-state index in [9.17, 15) is 13.2 Å². The molecule has 1 aromatic heterocycles. The van der Waals surface area contributed by atoms with Gasteiger partial charge in [0.15, 0.2) is 0 Å². The zero-order chi connectivity index (χ0) is 18.5. The van der Waals surface area contributed by atoms with E-state index in [4.69, 9.17) is 0 Å². The van der Waals surface area contributed by atoms with Gasteiger partial charge in [0.05, 0.1) is 5.69 Å². The molecule has 0 unspecified atom stereocenters. The highest BCUT2D eigenvalue weighted by Gasteiger charge is 2.13. The molecular weight excluding hydrogens is 339 g/mol. The minimum atomic E-state index is -2.67. The molecule has 2 aromatic carbocycles. The molecule has 3 rings (SSSR count). The second-order valence-electron chi connectivity index (χ2n) is 6.04. The second-order valence-corrected chi connectivity index (χ2v) is 6.04. The second kappa shape index (κ2) is 8.19. The van der Waals surface area contributed by atoms with Crippen molar-refractivity contribution in [2.75, 3.05) is 13.6 Å². The molecule has 6 heteroatoms. The molecule has 26 heavy (non-hydrogen) atoms. The first-order valence-electron chi connectivity index (χ1n) is 8.45. The first-order valence-corrected chi connectivity index (χ1v) is 8.45. The van der Waals surface area contributed by atoms with Crippen molar-refractivity contribution in [2.45, 2.75) is 19.4 Å². The predicted molar refractivity (Wildman–Crippen MR) is 96.6 cm³/mol. The van der Waals surface area contributed by atoms with Crippen LogP contribution in [-0.2, 0) is 6.42 Å². The van der Waals surface area contributed by atoms with E-state index in [0.717, 1.165) is 41.6 Å². The standard InChI is InChI=1S/C20H20F3N3/c1-24-11-2-3-15-4-5-16(14-6-8-17(21)9-7-14)13-18(15)19-10-12-26(25-19)20(22)23/h4-10,12-13,20,24H,2-3,11H2,1H3. The Kier molecular flexibility index (Phi) is 5.73. The zero-order valence-electron chi connectivity index (χ0n) is 14.4. The highest BCUT2D eigenvalue weighted by atomic mass is 19.3. The summed E-state index contributed by atoms with van der Waals surface area (Å²) in [7, 11) is 1.89. The van der Waals surface area contributed by atoms with Gasteiger partial charge in [-0.2, -0.15) is 13.9 Å². The van der Waals surface area contributed by atoms with Crippen LogP contribution in [0.4, 0.5) is 13.2 Å². The summed E-state index contributed by atoms with van der Waals surface area (Å²) in [5.74, 6) is -0.298. The van der Waals surface area contributed by atoms with E-state index in [2.05, 4.69) is 10.4 Å². The van der Waals surface area contributed by atoms with Gasteiger partial charge in [-0.1, -0.05) is 24.3 Å². The van der Waals surface area contributed by atoms with E-state index >= 15 is 0 Å². The minimum absolute atomic E-state index is 0.298. The van der Waals surface area contributed by atoms with Crippen molar-refractivity contribution in [1.82, 2.24) is 15.1 Å². The molecular formula is C20H20F3N3. The maximum absolute atomic E-state index is 13.2. The molecule has 0 radical (unpaired) electrons. The van der Waals surface area contributed by atoms with Gasteiger partial charge >= 0.3 is 6.55 Å². The number of halogens is 3. The largest absolute Gasteiger partial charge is 0.333 e. The van der Waals surface area contributed by atoms with E-state index in [0.29, 0.717) is 10.4 Å². The molecule has 1 N–H and O–H groups in total. The number of aromatic nitrogens is 2. The summed E-state index contributed by atoms with van der Waals surface area (Å²) < 4.78 is 39.6. The summed E-state index contributed by atoms with van der Waals surface area (Å²) in [4.78, 5) is 0. The summed E-state index contributed by atoms with van der Waals surface area (Å²) in [6, 6.07) is 13.7. The topological polar surface area (TPSA) is 29.9 Å². The number of aryl methyl sites for hydroxylation is 1. The van der Waals surface area contributed by atoms with Crippen LogP contribution in [0.25, 0.3) is 22.4 Å². The fourth-order valence-corrected chi connectivity index (χ4v) is 2.90. The predicted octanol–water partition coefficient (Wildman–Crippen LogP) is 4.90. The fourth-order valence-electron chi connectivity index (χ4n) is 2.90. The number of hydrogen-bond acceptors (Lipinski definition) is 2. The van der Waals surface area contributed by atoms with Gasteiger partial charge in [-0.3, -0.25) is 0 Å². The third-order valence-electron chi connectivity index (χ3n) is 4.24. The summed E-state index contributed by atoms with van der Waals surface area (Å²) in [6.45, 7) is -1.80. The van der Waals surface area contributed by atoms with Crippen LogP contribution in [0.15, 0.2) is 54.7 Å². The summed E-state index contributed by atoms with van der Waals surface area (Å²) in [5, 5.41) is 7.11. The van der Waals surface area contributed by atoms with Crippen molar-refractivity contribution in [2.24, 2.45) is 0 Å². The highest BCUT2D eigenvalue weighted by Crippen LogP contribution is 2.30. The van der Waals surface area contributed by atoms with E-state index in [1.165, 1.54) is 18.3 Å². The molecule has 3 aromatic rings. The number of nitrogens with zero attached hydrogens (tertiary/aromatic N) is 2. The summed E-state index contributed by atoms with van der Waals surface area (Å²) in [6.07, 6.45) is 3.01. The van der Waals surface area contributed by atoms with Crippen molar-refractivity contribution >= 4 is 0 Å². The normalized spacial score (nSPS) is 11.3. The van der Waals surface area contributed by atoms with Crippen molar-refractivity contribution in [3.05, 3.63) is 66.1 Å². The van der Waals surface area contributed by atoms with Crippen LogP contribution in [0, 0.1) is 5.82 Å². The van der Waals surface area contributed by atoms with Gasteiger partial charge in [0.2, 0.25) is 0 Å². The van der Waals surface area contributed by atoms with Gasteiger partial charge in [0.25, 0.3) is 0 Å². The fraction of sp³-hybridized carbons (Fsp3) is 0.250. The van der Waals surface area contributed by atoms with Crippen LogP contribution in [0.5, 0.6) is 0 Å². The Morgan fingerprint density at radius 2 is 1.77 bits per heavy atom. The van der Waals surface area contributed by atoms with Crippen LogP contribution in [0.3, 0.4) is 0 Å². The zero-order valence-corrected chi connectivity index (χ0v) is 14.4. The molecule has 0 atom stereocenters.